The Morgan fingerprint density at radius 2 is 1.50 bits per heavy atom. The third-order valence-corrected chi connectivity index (χ3v) is 5.26. The summed E-state index contributed by atoms with van der Waals surface area (Å²) < 4.78 is 0. The molecule has 2 saturated carbocycles. The van der Waals surface area contributed by atoms with Crippen LogP contribution in [-0.2, 0) is 0 Å². The lowest BCUT2D eigenvalue weighted by molar-refractivity contribution is 0.255. The van der Waals surface area contributed by atoms with E-state index in [0.717, 1.165) is 17.8 Å². The van der Waals surface area contributed by atoms with E-state index in [0.29, 0.717) is 0 Å². The van der Waals surface area contributed by atoms with Crippen LogP contribution in [0.5, 0.6) is 0 Å². The van der Waals surface area contributed by atoms with Gasteiger partial charge in [0.15, 0.2) is 0 Å². The number of rotatable bonds is 5. The Hall–Kier alpha value is 0. The molecule has 0 N–H and O–H groups in total. The molecule has 2 fully saturated rings. The first-order valence-electron chi connectivity index (χ1n) is 7.90. The second-order valence-corrected chi connectivity index (χ2v) is 6.29. The first-order valence-corrected chi connectivity index (χ1v) is 7.90. The van der Waals surface area contributed by atoms with Gasteiger partial charge >= 0.3 is 0 Å². The highest BCUT2D eigenvalue weighted by Gasteiger charge is 2.24. The Bertz CT molecular complexity index is 172. The molecule has 0 aromatic heterocycles. The topological polar surface area (TPSA) is 0 Å². The number of hydrogen-bond acceptors (Lipinski definition) is 0. The molecule has 0 radical (unpaired) electrons. The maximum absolute atomic E-state index is 2.42. The third-order valence-electron chi connectivity index (χ3n) is 5.26. The molecule has 0 nitrogen and oxygen atoms in total. The second kappa shape index (κ2) is 6.67. The van der Waals surface area contributed by atoms with Crippen LogP contribution in [0.15, 0.2) is 0 Å². The van der Waals surface area contributed by atoms with Gasteiger partial charge in [-0.2, -0.15) is 0 Å². The van der Waals surface area contributed by atoms with Gasteiger partial charge in [-0.15, -0.1) is 0 Å². The van der Waals surface area contributed by atoms with Gasteiger partial charge in [0.25, 0.3) is 0 Å². The van der Waals surface area contributed by atoms with Crippen LogP contribution in [0.25, 0.3) is 0 Å². The summed E-state index contributed by atoms with van der Waals surface area (Å²) in [7, 11) is 0. The molecule has 2 rings (SSSR count). The van der Waals surface area contributed by atoms with E-state index in [1.807, 2.05) is 0 Å². The summed E-state index contributed by atoms with van der Waals surface area (Å²) >= 11 is 0. The van der Waals surface area contributed by atoms with Crippen LogP contribution in [0.2, 0.25) is 0 Å². The van der Waals surface area contributed by atoms with Gasteiger partial charge < -0.3 is 0 Å². The number of hydrogen-bond donors (Lipinski definition) is 0. The Kier molecular flexibility index (Phi) is 5.19. The summed E-state index contributed by atoms with van der Waals surface area (Å²) in [5.74, 6) is 3.28. The molecule has 16 heavy (non-hydrogen) atoms. The maximum Gasteiger partial charge on any atom is -0.0386 e. The highest BCUT2D eigenvalue weighted by atomic mass is 14.3. The lowest BCUT2D eigenvalue weighted by Crippen LogP contribution is -2.14. The summed E-state index contributed by atoms with van der Waals surface area (Å²) in [5, 5.41) is 0. The lowest BCUT2D eigenvalue weighted by atomic mass is 9.79. The fraction of sp³-hybridized carbons (Fsp3) is 1.00. The van der Waals surface area contributed by atoms with Crippen LogP contribution in [0, 0.1) is 17.8 Å². The predicted octanol–water partition coefficient (Wildman–Crippen LogP) is 5.56. The normalized spacial score (nSPS) is 26.1. The predicted molar refractivity (Wildman–Crippen MR) is 71.5 cm³/mol. The minimum atomic E-state index is 1.07. The first kappa shape index (κ1) is 12.5. The zero-order chi connectivity index (χ0) is 11.2. The van der Waals surface area contributed by atoms with E-state index >= 15 is 0 Å². The third kappa shape index (κ3) is 3.50. The highest BCUT2D eigenvalue weighted by Crippen LogP contribution is 2.37. The second-order valence-electron chi connectivity index (χ2n) is 6.29. The smallest absolute Gasteiger partial charge is 0.0386 e. The molecule has 0 bridgehead atoms. The standard InChI is InChI=1S/C16H30/c1-2-15(16-10-6-7-11-16)13-12-14-8-4-3-5-9-14/h14-16H,2-13H2,1H3. The van der Waals surface area contributed by atoms with Crippen molar-refractivity contribution >= 4 is 0 Å². The Morgan fingerprint density at radius 1 is 0.875 bits per heavy atom. The molecule has 0 heterocycles. The minimum absolute atomic E-state index is 1.07. The average Bonchev–Trinajstić information content (AvgIpc) is 2.85. The molecule has 0 saturated heterocycles. The van der Waals surface area contributed by atoms with Crippen molar-refractivity contribution in [3.05, 3.63) is 0 Å². The van der Waals surface area contributed by atoms with Crippen molar-refractivity contribution in [3.63, 3.8) is 0 Å². The molecule has 94 valence electrons. The van der Waals surface area contributed by atoms with Gasteiger partial charge in [0, 0.05) is 0 Å². The van der Waals surface area contributed by atoms with E-state index in [9.17, 15) is 0 Å². The maximum atomic E-state index is 2.42. The summed E-state index contributed by atoms with van der Waals surface area (Å²) in [6.07, 6.45) is 18.3. The lowest BCUT2D eigenvalue weighted by Gasteiger charge is -2.26. The van der Waals surface area contributed by atoms with E-state index in [1.54, 1.807) is 38.5 Å². The van der Waals surface area contributed by atoms with Gasteiger partial charge in [-0.05, 0) is 24.2 Å². The molecule has 0 spiro atoms. The van der Waals surface area contributed by atoms with Crippen LogP contribution < -0.4 is 0 Å². The summed E-state index contributed by atoms with van der Waals surface area (Å²) in [6, 6.07) is 0. The zero-order valence-electron chi connectivity index (χ0n) is 11.2. The van der Waals surface area contributed by atoms with Gasteiger partial charge in [0.1, 0.15) is 0 Å². The van der Waals surface area contributed by atoms with Gasteiger partial charge in [0.2, 0.25) is 0 Å². The van der Waals surface area contributed by atoms with Crippen molar-refractivity contribution < 1.29 is 0 Å². The molecular weight excluding hydrogens is 192 g/mol. The molecule has 0 amide bonds. The molecule has 0 aliphatic heterocycles. The van der Waals surface area contributed by atoms with E-state index in [4.69, 9.17) is 0 Å². The Morgan fingerprint density at radius 3 is 2.12 bits per heavy atom. The highest BCUT2D eigenvalue weighted by molar-refractivity contribution is 4.76. The monoisotopic (exact) mass is 222 g/mol. The van der Waals surface area contributed by atoms with E-state index < -0.39 is 0 Å². The van der Waals surface area contributed by atoms with Crippen molar-refractivity contribution in [2.24, 2.45) is 17.8 Å². The molecule has 0 aromatic carbocycles. The molecule has 1 unspecified atom stereocenters. The minimum Gasteiger partial charge on any atom is -0.0651 e. The van der Waals surface area contributed by atoms with Gasteiger partial charge in [0.05, 0.1) is 0 Å². The zero-order valence-corrected chi connectivity index (χ0v) is 11.2. The Labute approximate surface area is 102 Å². The molecule has 2 aliphatic rings. The van der Waals surface area contributed by atoms with E-state index in [2.05, 4.69) is 6.92 Å². The van der Waals surface area contributed by atoms with Crippen molar-refractivity contribution in [2.75, 3.05) is 0 Å². The van der Waals surface area contributed by atoms with Crippen molar-refractivity contribution in [1.82, 2.24) is 0 Å². The van der Waals surface area contributed by atoms with Crippen LogP contribution in [0.3, 0.4) is 0 Å². The Balaban J connectivity index is 1.69. The SMILES string of the molecule is CCC(CCC1CCCCC1)C1CCCC1. The molecular formula is C16H30. The van der Waals surface area contributed by atoms with E-state index in [-0.39, 0.29) is 0 Å². The first-order chi connectivity index (χ1) is 7.90. The van der Waals surface area contributed by atoms with E-state index in [1.165, 1.54) is 38.5 Å². The van der Waals surface area contributed by atoms with Crippen LogP contribution in [-0.4, -0.2) is 0 Å². The fourth-order valence-electron chi connectivity index (χ4n) is 4.13. The summed E-state index contributed by atoms with van der Waals surface area (Å²) in [6.45, 7) is 2.42. The van der Waals surface area contributed by atoms with Gasteiger partial charge in [-0.25, -0.2) is 0 Å². The summed E-state index contributed by atoms with van der Waals surface area (Å²) in [5.41, 5.74) is 0. The quantitative estimate of drug-likeness (QED) is 0.571. The van der Waals surface area contributed by atoms with Crippen molar-refractivity contribution in [1.29, 1.82) is 0 Å². The molecule has 1 atom stereocenters. The van der Waals surface area contributed by atoms with Gasteiger partial charge in [-0.1, -0.05) is 77.6 Å². The van der Waals surface area contributed by atoms with Crippen LogP contribution in [0.4, 0.5) is 0 Å². The largest absolute Gasteiger partial charge is 0.0651 e. The van der Waals surface area contributed by atoms with Crippen LogP contribution in [0.1, 0.15) is 84.0 Å². The van der Waals surface area contributed by atoms with Crippen LogP contribution >= 0.6 is 0 Å². The van der Waals surface area contributed by atoms with Gasteiger partial charge in [-0.3, -0.25) is 0 Å². The average molecular weight is 222 g/mol. The fourth-order valence-corrected chi connectivity index (χ4v) is 4.13. The van der Waals surface area contributed by atoms with Crippen molar-refractivity contribution in [2.45, 2.75) is 84.0 Å². The van der Waals surface area contributed by atoms with Crippen molar-refractivity contribution in [3.8, 4) is 0 Å². The molecule has 0 aromatic rings. The molecule has 0 heteroatoms. The summed E-state index contributed by atoms with van der Waals surface area (Å²) in [4.78, 5) is 0. The molecule has 2 aliphatic carbocycles.